The van der Waals surface area contributed by atoms with Crippen LogP contribution in [0.2, 0.25) is 0 Å². The van der Waals surface area contributed by atoms with Crippen LogP contribution in [0.4, 0.5) is 5.69 Å². The fourth-order valence-electron chi connectivity index (χ4n) is 1.89. The zero-order valence-electron chi connectivity index (χ0n) is 13.5. The lowest BCUT2D eigenvalue weighted by atomic mass is 10.2. The summed E-state index contributed by atoms with van der Waals surface area (Å²) in [5, 5.41) is 2.71. The zero-order valence-corrected chi connectivity index (χ0v) is 15.9. The van der Waals surface area contributed by atoms with E-state index >= 15 is 0 Å². The summed E-state index contributed by atoms with van der Waals surface area (Å²) in [4.78, 5) is 16.3. The number of carbonyl (C=O) groups excluding carboxylic acids is 1. The van der Waals surface area contributed by atoms with Crippen molar-refractivity contribution in [3.63, 3.8) is 0 Å². The molecule has 1 heterocycles. The number of nitrogens with zero attached hydrogens (tertiary/aromatic N) is 2. The van der Waals surface area contributed by atoms with Gasteiger partial charge in [0.15, 0.2) is 0 Å². The zero-order chi connectivity index (χ0) is 17.9. The first kappa shape index (κ1) is 18.6. The topological polar surface area (TPSA) is 79.4 Å². The molecule has 6 nitrogen and oxygen atoms in total. The maximum Gasteiger partial charge on any atom is 0.257 e. The van der Waals surface area contributed by atoms with E-state index in [1.54, 1.807) is 38.2 Å². The smallest absolute Gasteiger partial charge is 0.257 e. The van der Waals surface area contributed by atoms with Crippen LogP contribution in [0.15, 0.2) is 52.1 Å². The highest BCUT2D eigenvalue weighted by Crippen LogP contribution is 2.19. The van der Waals surface area contributed by atoms with Gasteiger partial charge in [-0.25, -0.2) is 8.42 Å². The maximum absolute atomic E-state index is 12.4. The minimum Gasteiger partial charge on any atom is -0.322 e. The summed E-state index contributed by atoms with van der Waals surface area (Å²) in [5.41, 5.74) is 0.909. The van der Waals surface area contributed by atoms with Gasteiger partial charge in [0.25, 0.3) is 5.91 Å². The average Bonchev–Trinajstić information content (AvgIpc) is 2.54. The van der Waals surface area contributed by atoms with Crippen molar-refractivity contribution in [1.29, 1.82) is 0 Å². The number of sulfonamides is 1. The predicted octanol–water partition coefficient (Wildman–Crippen LogP) is 3.13. The Labute approximate surface area is 150 Å². The number of hydrogen-bond acceptors (Lipinski definition) is 4. The first-order chi connectivity index (χ1) is 11.2. The highest BCUT2D eigenvalue weighted by molar-refractivity contribution is 9.10. The Hall–Kier alpha value is -1.77. The molecule has 0 saturated carbocycles. The Bertz CT molecular complexity index is 836. The number of pyridine rings is 1. The Balaban J connectivity index is 2.17. The van der Waals surface area contributed by atoms with E-state index in [-0.39, 0.29) is 16.8 Å². The third-order valence-corrected chi connectivity index (χ3v) is 5.96. The molecule has 24 heavy (non-hydrogen) atoms. The van der Waals surface area contributed by atoms with Crippen molar-refractivity contribution in [2.45, 2.75) is 24.8 Å². The van der Waals surface area contributed by atoms with Gasteiger partial charge in [-0.05, 0) is 60.1 Å². The third-order valence-electron chi connectivity index (χ3n) is 3.48. The average molecular weight is 412 g/mol. The minimum atomic E-state index is -3.54. The summed E-state index contributed by atoms with van der Waals surface area (Å²) < 4.78 is 26.8. The van der Waals surface area contributed by atoms with Crippen LogP contribution in [0.5, 0.6) is 0 Å². The van der Waals surface area contributed by atoms with Gasteiger partial charge in [0.2, 0.25) is 10.0 Å². The number of amides is 1. The van der Waals surface area contributed by atoms with Gasteiger partial charge < -0.3 is 5.32 Å². The molecule has 0 aliphatic rings. The SMILES string of the molecule is CC(C)N(C)S(=O)(=O)c1ccc(NC(=O)c2cncc(Br)c2)cc1. The Morgan fingerprint density at radius 3 is 2.38 bits per heavy atom. The van der Waals surface area contributed by atoms with Crippen molar-refractivity contribution in [2.75, 3.05) is 12.4 Å². The summed E-state index contributed by atoms with van der Waals surface area (Å²) in [6, 6.07) is 7.58. The molecule has 0 spiro atoms. The van der Waals surface area contributed by atoms with Crippen LogP contribution < -0.4 is 5.32 Å². The maximum atomic E-state index is 12.4. The van der Waals surface area contributed by atoms with Gasteiger partial charge in [0.05, 0.1) is 10.5 Å². The lowest BCUT2D eigenvalue weighted by Crippen LogP contribution is -2.33. The summed E-state index contributed by atoms with van der Waals surface area (Å²) >= 11 is 3.26. The quantitative estimate of drug-likeness (QED) is 0.819. The molecule has 128 valence electrons. The van der Waals surface area contributed by atoms with Crippen LogP contribution in [0.25, 0.3) is 0 Å². The molecule has 0 unspecified atom stereocenters. The van der Waals surface area contributed by atoms with Gasteiger partial charge in [0.1, 0.15) is 0 Å². The van der Waals surface area contributed by atoms with E-state index in [0.29, 0.717) is 15.7 Å². The number of rotatable bonds is 5. The fraction of sp³-hybridized carbons (Fsp3) is 0.250. The van der Waals surface area contributed by atoms with E-state index in [9.17, 15) is 13.2 Å². The normalized spacial score (nSPS) is 11.8. The second kappa shape index (κ2) is 7.42. The number of hydrogen-bond donors (Lipinski definition) is 1. The summed E-state index contributed by atoms with van der Waals surface area (Å²) in [5.74, 6) is -0.321. The van der Waals surface area contributed by atoms with Crippen LogP contribution in [0, 0.1) is 0 Å². The standard InChI is InChI=1S/C16H18BrN3O3S/c1-11(2)20(3)24(22,23)15-6-4-14(5-7-15)19-16(21)12-8-13(17)10-18-9-12/h4-11H,1-3H3,(H,19,21). The van der Waals surface area contributed by atoms with E-state index in [0.717, 1.165) is 0 Å². The highest BCUT2D eigenvalue weighted by atomic mass is 79.9. The molecule has 0 aliphatic carbocycles. The van der Waals surface area contributed by atoms with E-state index in [4.69, 9.17) is 0 Å². The van der Waals surface area contributed by atoms with Crippen LogP contribution in [0.1, 0.15) is 24.2 Å². The molecule has 1 amide bonds. The molecular formula is C16H18BrN3O3S. The van der Waals surface area contributed by atoms with Gasteiger partial charge in [-0.2, -0.15) is 4.31 Å². The van der Waals surface area contributed by atoms with Gasteiger partial charge in [-0.3, -0.25) is 9.78 Å². The second-order valence-corrected chi connectivity index (χ2v) is 8.40. The molecule has 2 aromatic rings. The van der Waals surface area contributed by atoms with Crippen molar-refractivity contribution in [1.82, 2.24) is 9.29 Å². The minimum absolute atomic E-state index is 0.140. The van der Waals surface area contributed by atoms with Gasteiger partial charge in [-0.15, -0.1) is 0 Å². The highest BCUT2D eigenvalue weighted by Gasteiger charge is 2.22. The number of aromatic nitrogens is 1. The lowest BCUT2D eigenvalue weighted by Gasteiger charge is -2.21. The molecule has 1 N–H and O–H groups in total. The van der Waals surface area contributed by atoms with Gasteiger partial charge >= 0.3 is 0 Å². The van der Waals surface area contributed by atoms with Gasteiger partial charge in [-0.1, -0.05) is 0 Å². The van der Waals surface area contributed by atoms with Crippen molar-refractivity contribution in [2.24, 2.45) is 0 Å². The van der Waals surface area contributed by atoms with E-state index in [2.05, 4.69) is 26.2 Å². The number of benzene rings is 1. The predicted molar refractivity (Wildman–Crippen MR) is 96.4 cm³/mol. The molecule has 0 aliphatic heterocycles. The number of anilines is 1. The number of carbonyl (C=O) groups is 1. The molecule has 1 aromatic carbocycles. The third kappa shape index (κ3) is 4.19. The van der Waals surface area contributed by atoms with E-state index in [1.807, 2.05) is 0 Å². The van der Waals surface area contributed by atoms with Gasteiger partial charge in [0, 0.05) is 35.6 Å². The molecule has 1 aromatic heterocycles. The fourth-order valence-corrected chi connectivity index (χ4v) is 3.63. The lowest BCUT2D eigenvalue weighted by molar-refractivity contribution is 0.102. The second-order valence-electron chi connectivity index (χ2n) is 5.49. The van der Waals surface area contributed by atoms with Crippen LogP contribution >= 0.6 is 15.9 Å². The molecule has 0 saturated heterocycles. The molecular weight excluding hydrogens is 394 g/mol. The van der Waals surface area contributed by atoms with Crippen molar-refractivity contribution >= 4 is 37.5 Å². The van der Waals surface area contributed by atoms with Crippen molar-refractivity contribution in [3.05, 3.63) is 52.8 Å². The van der Waals surface area contributed by atoms with Crippen LogP contribution in [0.3, 0.4) is 0 Å². The summed E-state index contributed by atoms with van der Waals surface area (Å²) in [6.45, 7) is 3.61. The monoisotopic (exact) mass is 411 g/mol. The van der Waals surface area contributed by atoms with Crippen molar-refractivity contribution in [3.8, 4) is 0 Å². The molecule has 0 atom stereocenters. The summed E-state index contributed by atoms with van der Waals surface area (Å²) in [7, 11) is -2.00. The Morgan fingerprint density at radius 2 is 1.83 bits per heavy atom. The number of nitrogens with one attached hydrogen (secondary N) is 1. The van der Waals surface area contributed by atoms with E-state index in [1.165, 1.54) is 29.7 Å². The Morgan fingerprint density at radius 1 is 1.21 bits per heavy atom. The number of halogens is 1. The first-order valence-corrected chi connectivity index (χ1v) is 9.45. The molecule has 8 heteroatoms. The molecule has 0 radical (unpaired) electrons. The largest absolute Gasteiger partial charge is 0.322 e. The Kier molecular flexibility index (Phi) is 5.74. The summed E-state index contributed by atoms with van der Waals surface area (Å²) in [6.07, 6.45) is 3.04. The van der Waals surface area contributed by atoms with E-state index < -0.39 is 10.0 Å². The van der Waals surface area contributed by atoms with Crippen molar-refractivity contribution < 1.29 is 13.2 Å². The molecule has 2 rings (SSSR count). The molecule has 0 bridgehead atoms. The first-order valence-electron chi connectivity index (χ1n) is 7.22. The van der Waals surface area contributed by atoms with Crippen LogP contribution in [-0.4, -0.2) is 36.7 Å². The van der Waals surface area contributed by atoms with Crippen LogP contribution in [-0.2, 0) is 10.0 Å². The molecule has 0 fully saturated rings.